The van der Waals surface area contributed by atoms with E-state index in [0.29, 0.717) is 22.5 Å². The fourth-order valence-corrected chi connectivity index (χ4v) is 4.16. The maximum atomic E-state index is 13.9. The molecule has 2 aromatic rings. The zero-order valence-electron chi connectivity index (χ0n) is 14.1. The van der Waals surface area contributed by atoms with E-state index in [2.05, 4.69) is 0 Å². The first-order chi connectivity index (χ1) is 12.9. The number of likely N-dealkylation sites (N-methyl/N-ethyl adjacent to an activating group) is 1. The van der Waals surface area contributed by atoms with Gasteiger partial charge in [0.2, 0.25) is 5.91 Å². The molecule has 0 saturated carbocycles. The van der Waals surface area contributed by atoms with E-state index in [1.54, 1.807) is 0 Å². The van der Waals surface area contributed by atoms with Crippen LogP contribution in [0.15, 0.2) is 47.4 Å². The van der Waals surface area contributed by atoms with E-state index in [4.69, 9.17) is 0 Å². The zero-order valence-corrected chi connectivity index (χ0v) is 14.9. The van der Waals surface area contributed by atoms with Crippen molar-refractivity contribution in [1.82, 2.24) is 4.31 Å². The molecule has 0 saturated heterocycles. The quantitative estimate of drug-likeness (QED) is 0.603. The Hall–Kier alpha value is -2.95. The number of benzene rings is 2. The highest BCUT2D eigenvalue weighted by molar-refractivity contribution is 7.89. The van der Waals surface area contributed by atoms with Crippen LogP contribution in [0.5, 0.6) is 0 Å². The van der Waals surface area contributed by atoms with Crippen molar-refractivity contribution in [3.05, 3.63) is 59.4 Å². The largest absolute Gasteiger partial charge is 0.416 e. The molecule has 148 valence electrons. The summed E-state index contributed by atoms with van der Waals surface area (Å²) in [4.78, 5) is 24.8. The number of fused-ring (bicyclic) bond motifs is 1. The van der Waals surface area contributed by atoms with Crippen LogP contribution in [-0.4, -0.2) is 31.6 Å². The molecule has 1 N–H and O–H groups in total. The number of nitrogens with one attached hydrogen (secondary N) is 1. The zero-order chi connectivity index (χ0) is 20.9. The van der Waals surface area contributed by atoms with E-state index in [0.717, 1.165) is 7.05 Å². The minimum Gasteiger partial charge on any atom is -0.323 e. The van der Waals surface area contributed by atoms with Gasteiger partial charge in [-0.2, -0.15) is 13.2 Å². The lowest BCUT2D eigenvalue weighted by Crippen LogP contribution is -2.45. The highest BCUT2D eigenvalue weighted by atomic mass is 32.2. The molecule has 1 aliphatic rings. The molecule has 0 aliphatic carbocycles. The second kappa shape index (κ2) is 6.59. The lowest BCUT2D eigenvalue weighted by molar-refractivity contribution is -0.138. The van der Waals surface area contributed by atoms with Crippen molar-refractivity contribution < 1.29 is 35.6 Å². The van der Waals surface area contributed by atoms with Crippen molar-refractivity contribution >= 4 is 27.5 Å². The number of sulfonamides is 1. The average molecular weight is 416 g/mol. The van der Waals surface area contributed by atoms with Gasteiger partial charge in [0.15, 0.2) is 0 Å². The highest BCUT2D eigenvalue weighted by Crippen LogP contribution is 2.36. The summed E-state index contributed by atoms with van der Waals surface area (Å²) in [5.74, 6) is -5.07. The lowest BCUT2D eigenvalue weighted by Gasteiger charge is -2.30. The predicted molar refractivity (Wildman–Crippen MR) is 89.2 cm³/mol. The number of halogens is 4. The van der Waals surface area contributed by atoms with Crippen molar-refractivity contribution in [3.8, 4) is 0 Å². The van der Waals surface area contributed by atoms with Gasteiger partial charge < -0.3 is 5.32 Å². The SMILES string of the molecule is CN1C(=O)C(C(=O)Nc2cc(C(F)(F)F)ccc2F)c2ccccc2S1(=O)=O. The Morgan fingerprint density at radius 1 is 1.14 bits per heavy atom. The average Bonchev–Trinajstić information content (AvgIpc) is 2.61. The van der Waals surface area contributed by atoms with E-state index < -0.39 is 51.0 Å². The van der Waals surface area contributed by atoms with Crippen LogP contribution in [0, 0.1) is 5.82 Å². The second-order valence-electron chi connectivity index (χ2n) is 5.96. The van der Waals surface area contributed by atoms with Crippen molar-refractivity contribution in [1.29, 1.82) is 0 Å². The monoisotopic (exact) mass is 416 g/mol. The van der Waals surface area contributed by atoms with Gasteiger partial charge in [-0.1, -0.05) is 18.2 Å². The summed E-state index contributed by atoms with van der Waals surface area (Å²) in [6.45, 7) is 0. The van der Waals surface area contributed by atoms with Crippen LogP contribution in [0.2, 0.25) is 0 Å². The van der Waals surface area contributed by atoms with Crippen LogP contribution >= 0.6 is 0 Å². The number of hydrogen-bond donors (Lipinski definition) is 1. The third kappa shape index (κ3) is 3.21. The van der Waals surface area contributed by atoms with Crippen LogP contribution in [0.25, 0.3) is 0 Å². The number of carbonyl (C=O) groups is 2. The number of anilines is 1. The molecular weight excluding hydrogens is 404 g/mol. The summed E-state index contributed by atoms with van der Waals surface area (Å²) >= 11 is 0. The molecule has 6 nitrogen and oxygen atoms in total. The first-order valence-corrected chi connectivity index (χ1v) is 9.18. The van der Waals surface area contributed by atoms with E-state index in [1.165, 1.54) is 24.3 Å². The summed E-state index contributed by atoms with van der Waals surface area (Å²) in [5, 5.41) is 1.96. The molecule has 1 atom stereocenters. The minimum atomic E-state index is -4.77. The molecular formula is C17H12F4N2O4S. The van der Waals surface area contributed by atoms with E-state index in [9.17, 15) is 35.6 Å². The van der Waals surface area contributed by atoms with Gasteiger partial charge in [-0.05, 0) is 29.8 Å². The van der Waals surface area contributed by atoms with Crippen LogP contribution in [0.1, 0.15) is 17.0 Å². The summed E-state index contributed by atoms with van der Waals surface area (Å²) < 4.78 is 77.4. The summed E-state index contributed by atoms with van der Waals surface area (Å²) in [5.41, 5.74) is -2.11. The van der Waals surface area contributed by atoms with Gasteiger partial charge in [-0.3, -0.25) is 9.59 Å². The fraction of sp³-hybridized carbons (Fsp3) is 0.176. The summed E-state index contributed by atoms with van der Waals surface area (Å²) in [6, 6.07) is 6.66. The number of nitrogens with zero attached hydrogens (tertiary/aromatic N) is 1. The number of alkyl halides is 3. The Bertz CT molecular complexity index is 1080. The van der Waals surface area contributed by atoms with Crippen molar-refractivity contribution in [2.24, 2.45) is 0 Å². The van der Waals surface area contributed by atoms with Gasteiger partial charge in [-0.15, -0.1) is 0 Å². The maximum absolute atomic E-state index is 13.9. The standard InChI is InChI=1S/C17H12F4N2O4S/c1-23-16(25)14(10-4-2-3-5-13(10)28(23,26)27)15(24)22-12-8-9(17(19,20)21)6-7-11(12)18/h2-8,14H,1H3,(H,22,24). The Labute approximate surface area is 156 Å². The second-order valence-corrected chi connectivity index (χ2v) is 7.90. The van der Waals surface area contributed by atoms with Crippen LogP contribution in [0.3, 0.4) is 0 Å². The van der Waals surface area contributed by atoms with Crippen molar-refractivity contribution in [2.75, 3.05) is 12.4 Å². The number of carbonyl (C=O) groups excluding carboxylic acids is 2. The predicted octanol–water partition coefficient (Wildman–Crippen LogP) is 2.73. The fourth-order valence-electron chi connectivity index (χ4n) is 2.79. The van der Waals surface area contributed by atoms with Gasteiger partial charge in [-0.25, -0.2) is 17.1 Å². The molecule has 0 spiro atoms. The molecule has 1 heterocycles. The van der Waals surface area contributed by atoms with Crippen molar-refractivity contribution in [3.63, 3.8) is 0 Å². The topological polar surface area (TPSA) is 83.6 Å². The van der Waals surface area contributed by atoms with Gasteiger partial charge in [0.05, 0.1) is 16.1 Å². The maximum Gasteiger partial charge on any atom is 0.416 e. The Morgan fingerprint density at radius 2 is 1.79 bits per heavy atom. The molecule has 3 rings (SSSR count). The van der Waals surface area contributed by atoms with Crippen LogP contribution in [-0.2, 0) is 25.8 Å². The Balaban J connectivity index is 2.03. The lowest BCUT2D eigenvalue weighted by atomic mass is 9.96. The van der Waals surface area contributed by atoms with Gasteiger partial charge >= 0.3 is 6.18 Å². The summed E-state index contributed by atoms with van der Waals surface area (Å²) in [6.07, 6.45) is -4.77. The molecule has 0 bridgehead atoms. The molecule has 2 amide bonds. The molecule has 28 heavy (non-hydrogen) atoms. The normalized spacial score (nSPS) is 18.5. The molecule has 0 radical (unpaired) electrons. The third-order valence-corrected chi connectivity index (χ3v) is 6.07. The van der Waals surface area contributed by atoms with Crippen LogP contribution < -0.4 is 5.32 Å². The Morgan fingerprint density at radius 3 is 2.43 bits per heavy atom. The molecule has 1 unspecified atom stereocenters. The smallest absolute Gasteiger partial charge is 0.323 e. The molecule has 2 aromatic carbocycles. The molecule has 11 heteroatoms. The first-order valence-electron chi connectivity index (χ1n) is 7.74. The van der Waals surface area contributed by atoms with E-state index >= 15 is 0 Å². The number of amides is 2. The molecule has 0 aromatic heterocycles. The van der Waals surface area contributed by atoms with Gasteiger partial charge in [0.25, 0.3) is 15.9 Å². The van der Waals surface area contributed by atoms with Crippen LogP contribution in [0.4, 0.5) is 23.2 Å². The highest BCUT2D eigenvalue weighted by Gasteiger charge is 2.44. The van der Waals surface area contributed by atoms with E-state index in [-0.39, 0.29) is 10.5 Å². The summed E-state index contributed by atoms with van der Waals surface area (Å²) in [7, 11) is -3.21. The van der Waals surface area contributed by atoms with Gasteiger partial charge in [0, 0.05) is 7.05 Å². The minimum absolute atomic E-state index is 0.143. The number of rotatable bonds is 2. The van der Waals surface area contributed by atoms with Crippen molar-refractivity contribution in [2.45, 2.75) is 17.0 Å². The number of hydrogen-bond acceptors (Lipinski definition) is 4. The molecule has 0 fully saturated rings. The third-order valence-electron chi connectivity index (χ3n) is 4.24. The molecule has 1 aliphatic heterocycles. The van der Waals surface area contributed by atoms with E-state index in [1.807, 2.05) is 5.32 Å². The first kappa shape index (κ1) is 19.8. The Kier molecular flexibility index (Phi) is 4.66. The van der Waals surface area contributed by atoms with Gasteiger partial charge in [0.1, 0.15) is 11.7 Å².